The summed E-state index contributed by atoms with van der Waals surface area (Å²) in [7, 11) is 0. The highest BCUT2D eigenvalue weighted by molar-refractivity contribution is 5.84. The van der Waals surface area contributed by atoms with Crippen LogP contribution < -0.4 is 4.74 Å². The molecule has 2 aliphatic carbocycles. The van der Waals surface area contributed by atoms with Crippen LogP contribution in [0.15, 0.2) is 36.4 Å². The molecule has 1 saturated heterocycles. The van der Waals surface area contributed by atoms with E-state index in [1.165, 1.54) is 42.0 Å². The molecule has 1 heterocycles. The molecule has 0 aromatic heterocycles. The Bertz CT molecular complexity index is 893. The molecule has 3 heteroatoms. The van der Waals surface area contributed by atoms with Crippen LogP contribution in [-0.2, 0) is 6.54 Å². The first-order valence-electron chi connectivity index (χ1n) is 11.9. The Labute approximate surface area is 181 Å². The molecule has 0 radical (unpaired) electrons. The predicted molar refractivity (Wildman–Crippen MR) is 123 cm³/mol. The zero-order valence-corrected chi connectivity index (χ0v) is 18.9. The second-order valence-electron chi connectivity index (χ2n) is 11.5. The first-order valence-corrected chi connectivity index (χ1v) is 11.9. The molecule has 2 saturated carbocycles. The molecule has 0 atom stereocenters. The van der Waals surface area contributed by atoms with Gasteiger partial charge < -0.3 is 9.84 Å². The zero-order valence-electron chi connectivity index (χ0n) is 18.9. The number of nitrogens with zero attached hydrogens (tertiary/aromatic N) is 1. The van der Waals surface area contributed by atoms with Gasteiger partial charge in [-0.1, -0.05) is 39.0 Å². The molecule has 1 spiro atoms. The molecule has 1 N–H and O–H groups in total. The van der Waals surface area contributed by atoms with E-state index in [0.29, 0.717) is 16.9 Å². The first kappa shape index (κ1) is 20.3. The van der Waals surface area contributed by atoms with Gasteiger partial charge in [-0.25, -0.2) is 0 Å². The maximum atomic E-state index is 9.58. The first-order chi connectivity index (χ1) is 14.3. The van der Waals surface area contributed by atoms with Gasteiger partial charge in [0.1, 0.15) is 5.75 Å². The SMILES string of the molecule is CC(C)(C)C1CCC(Oc2ccc3cc(CN4CC5(CC(O)C5)C4)ccc3c2)CC1. The van der Waals surface area contributed by atoms with Gasteiger partial charge in [0.2, 0.25) is 0 Å². The van der Waals surface area contributed by atoms with Crippen LogP contribution in [-0.4, -0.2) is 35.3 Å². The van der Waals surface area contributed by atoms with E-state index in [1.807, 2.05) is 0 Å². The number of hydrogen-bond donors (Lipinski definition) is 1. The van der Waals surface area contributed by atoms with Crippen molar-refractivity contribution >= 4 is 10.8 Å². The number of benzene rings is 2. The van der Waals surface area contributed by atoms with Gasteiger partial charge in [0.25, 0.3) is 0 Å². The Hall–Kier alpha value is -1.58. The molecule has 3 nitrogen and oxygen atoms in total. The largest absolute Gasteiger partial charge is 0.490 e. The second-order valence-corrected chi connectivity index (χ2v) is 11.5. The fourth-order valence-electron chi connectivity index (χ4n) is 6.15. The summed E-state index contributed by atoms with van der Waals surface area (Å²) >= 11 is 0. The van der Waals surface area contributed by atoms with Gasteiger partial charge in [-0.15, -0.1) is 0 Å². The molecule has 0 amide bonds. The van der Waals surface area contributed by atoms with Crippen LogP contribution >= 0.6 is 0 Å². The molecule has 0 bridgehead atoms. The Morgan fingerprint density at radius 1 is 0.967 bits per heavy atom. The lowest BCUT2D eigenvalue weighted by atomic mass is 9.62. The summed E-state index contributed by atoms with van der Waals surface area (Å²) in [5.41, 5.74) is 2.24. The molecule has 3 aliphatic rings. The van der Waals surface area contributed by atoms with Crippen molar-refractivity contribution < 1.29 is 9.84 Å². The number of aliphatic hydroxyl groups excluding tert-OH is 1. The van der Waals surface area contributed by atoms with Gasteiger partial charge in [-0.2, -0.15) is 0 Å². The number of rotatable bonds is 4. The van der Waals surface area contributed by atoms with Crippen molar-refractivity contribution in [2.75, 3.05) is 13.1 Å². The highest BCUT2D eigenvalue weighted by atomic mass is 16.5. The van der Waals surface area contributed by atoms with Crippen molar-refractivity contribution in [1.29, 1.82) is 0 Å². The molecule has 30 heavy (non-hydrogen) atoms. The standard InChI is InChI=1S/C27H37NO2/c1-26(2,3)22-7-10-24(11-8-22)30-25-9-6-20-12-19(4-5-21(20)13-25)16-28-17-27(18-28)14-23(29)15-27/h4-6,9,12-13,22-24,29H,7-8,10-11,14-18H2,1-3H3. The van der Waals surface area contributed by atoms with Crippen LogP contribution in [0.1, 0.15) is 64.9 Å². The molecule has 162 valence electrons. The van der Waals surface area contributed by atoms with Crippen LogP contribution in [0.4, 0.5) is 0 Å². The summed E-state index contributed by atoms with van der Waals surface area (Å²) in [5.74, 6) is 1.84. The maximum absolute atomic E-state index is 9.58. The van der Waals surface area contributed by atoms with Crippen molar-refractivity contribution in [3.63, 3.8) is 0 Å². The second kappa shape index (κ2) is 7.53. The van der Waals surface area contributed by atoms with E-state index >= 15 is 0 Å². The lowest BCUT2D eigenvalue weighted by molar-refractivity contribution is -0.131. The average molecular weight is 408 g/mol. The lowest BCUT2D eigenvalue weighted by Gasteiger charge is -2.58. The van der Waals surface area contributed by atoms with E-state index in [-0.39, 0.29) is 6.10 Å². The van der Waals surface area contributed by atoms with E-state index < -0.39 is 0 Å². The predicted octanol–water partition coefficient (Wildman–Crippen LogP) is 5.78. The molecule has 2 aromatic rings. The van der Waals surface area contributed by atoms with Crippen molar-refractivity contribution in [3.05, 3.63) is 42.0 Å². The molecule has 2 aromatic carbocycles. The van der Waals surface area contributed by atoms with E-state index in [0.717, 1.165) is 44.1 Å². The minimum Gasteiger partial charge on any atom is -0.490 e. The van der Waals surface area contributed by atoms with Gasteiger partial charge in [0.05, 0.1) is 12.2 Å². The molecule has 3 fully saturated rings. The summed E-state index contributed by atoms with van der Waals surface area (Å²) in [6.45, 7) is 10.4. The van der Waals surface area contributed by atoms with Crippen LogP contribution in [0.5, 0.6) is 5.75 Å². The summed E-state index contributed by atoms with van der Waals surface area (Å²) in [5, 5.41) is 12.1. The van der Waals surface area contributed by atoms with E-state index in [4.69, 9.17) is 4.74 Å². The van der Waals surface area contributed by atoms with Crippen LogP contribution in [0, 0.1) is 16.7 Å². The van der Waals surface area contributed by atoms with Gasteiger partial charge in [0, 0.05) is 25.0 Å². The molecular formula is C27H37NO2. The third-order valence-corrected chi connectivity index (χ3v) is 7.94. The van der Waals surface area contributed by atoms with Crippen molar-refractivity contribution in [2.24, 2.45) is 16.7 Å². The maximum Gasteiger partial charge on any atom is 0.120 e. The van der Waals surface area contributed by atoms with Crippen molar-refractivity contribution in [2.45, 2.75) is 78.0 Å². The highest BCUT2D eigenvalue weighted by Gasteiger charge is 2.51. The van der Waals surface area contributed by atoms with Crippen LogP contribution in [0.25, 0.3) is 10.8 Å². The number of likely N-dealkylation sites (tertiary alicyclic amines) is 1. The fourth-order valence-corrected chi connectivity index (χ4v) is 6.15. The third-order valence-electron chi connectivity index (χ3n) is 7.94. The van der Waals surface area contributed by atoms with Crippen LogP contribution in [0.2, 0.25) is 0 Å². The van der Waals surface area contributed by atoms with Gasteiger partial charge in [-0.3, -0.25) is 4.90 Å². The minimum atomic E-state index is -0.0437. The highest BCUT2D eigenvalue weighted by Crippen LogP contribution is 2.48. The minimum absolute atomic E-state index is 0.0437. The topological polar surface area (TPSA) is 32.7 Å². The normalized spacial score (nSPS) is 27.1. The number of hydrogen-bond acceptors (Lipinski definition) is 3. The quantitative estimate of drug-likeness (QED) is 0.697. The molecular weight excluding hydrogens is 370 g/mol. The van der Waals surface area contributed by atoms with Crippen LogP contribution in [0.3, 0.4) is 0 Å². The third kappa shape index (κ3) is 4.11. The van der Waals surface area contributed by atoms with Crippen molar-refractivity contribution in [3.8, 4) is 5.75 Å². The monoisotopic (exact) mass is 407 g/mol. The molecule has 5 rings (SSSR count). The fraction of sp³-hybridized carbons (Fsp3) is 0.630. The van der Waals surface area contributed by atoms with E-state index in [9.17, 15) is 5.11 Å². The Morgan fingerprint density at radius 2 is 1.63 bits per heavy atom. The van der Waals surface area contributed by atoms with E-state index in [1.54, 1.807) is 0 Å². The summed E-state index contributed by atoms with van der Waals surface area (Å²) in [6.07, 6.45) is 7.23. The average Bonchev–Trinajstić information content (AvgIpc) is 2.65. The van der Waals surface area contributed by atoms with Gasteiger partial charge >= 0.3 is 0 Å². The number of fused-ring (bicyclic) bond motifs is 1. The van der Waals surface area contributed by atoms with Gasteiger partial charge in [0.15, 0.2) is 0 Å². The van der Waals surface area contributed by atoms with E-state index in [2.05, 4.69) is 62.1 Å². The Kier molecular flexibility index (Phi) is 5.10. The number of ether oxygens (including phenoxy) is 1. The van der Waals surface area contributed by atoms with Gasteiger partial charge in [-0.05, 0) is 84.4 Å². The molecule has 0 unspecified atom stereocenters. The lowest BCUT2D eigenvalue weighted by Crippen LogP contribution is -2.63. The molecule has 1 aliphatic heterocycles. The summed E-state index contributed by atoms with van der Waals surface area (Å²) in [4.78, 5) is 2.51. The number of aliphatic hydroxyl groups is 1. The zero-order chi connectivity index (χ0) is 20.9. The smallest absolute Gasteiger partial charge is 0.120 e. The summed E-state index contributed by atoms with van der Waals surface area (Å²) < 4.78 is 6.37. The van der Waals surface area contributed by atoms with Crippen molar-refractivity contribution in [1.82, 2.24) is 4.90 Å². The Morgan fingerprint density at radius 3 is 2.30 bits per heavy atom. The Balaban J connectivity index is 1.17. The summed E-state index contributed by atoms with van der Waals surface area (Å²) in [6, 6.07) is 13.4.